The third-order valence-corrected chi connectivity index (χ3v) is 1.53. The molecule has 0 fully saturated rings. The van der Waals surface area contributed by atoms with Crippen LogP contribution in [0.4, 0.5) is 0 Å². The van der Waals surface area contributed by atoms with Crippen molar-refractivity contribution in [2.24, 2.45) is 0 Å². The molecule has 5 heteroatoms. The van der Waals surface area contributed by atoms with Crippen LogP contribution < -0.4 is 0 Å². The molecule has 0 bridgehead atoms. The predicted octanol–water partition coefficient (Wildman–Crippen LogP) is 0.475. The zero-order valence-corrected chi connectivity index (χ0v) is 7.65. The molecule has 1 aliphatic rings. The van der Waals surface area contributed by atoms with E-state index in [4.69, 9.17) is 14.6 Å². The molecular weight excluding hydrogens is 188 g/mol. The Bertz CT molecular complexity index is 283. The van der Waals surface area contributed by atoms with Crippen LogP contribution in [0, 0.1) is 0 Å². The summed E-state index contributed by atoms with van der Waals surface area (Å²) < 4.78 is 9.82. The fourth-order valence-corrected chi connectivity index (χ4v) is 0.950. The van der Waals surface area contributed by atoms with E-state index in [0.29, 0.717) is 0 Å². The van der Waals surface area contributed by atoms with Crippen LogP contribution in [0.5, 0.6) is 0 Å². The van der Waals surface area contributed by atoms with Crippen molar-refractivity contribution in [1.29, 1.82) is 0 Å². The van der Waals surface area contributed by atoms with Gasteiger partial charge in [0, 0.05) is 6.92 Å². The predicted molar refractivity (Wildman–Crippen MR) is 46.4 cm³/mol. The van der Waals surface area contributed by atoms with Crippen LogP contribution in [0.15, 0.2) is 23.7 Å². The summed E-state index contributed by atoms with van der Waals surface area (Å²) in [5.41, 5.74) is 0. The average molecular weight is 198 g/mol. The Labute approximate surface area is 80.6 Å². The molecule has 1 N–H and O–H groups in total. The number of Topliss-reactive ketones (excluding diaryl/α,β-unsaturated/α-hetero) is 1. The fraction of sp³-hybridized carbons (Fsp3) is 0.333. The topological polar surface area (TPSA) is 72.8 Å². The number of carbonyl (C=O) groups is 2. The number of ketones is 1. The summed E-state index contributed by atoms with van der Waals surface area (Å²) in [5.74, 6) is -2.42. The summed E-state index contributed by atoms with van der Waals surface area (Å²) in [6, 6.07) is 0. The van der Waals surface area contributed by atoms with Crippen LogP contribution in [0.1, 0.15) is 6.92 Å². The molecular formula is C9H10O5. The highest BCUT2D eigenvalue weighted by Gasteiger charge is 2.21. The number of hydrogen-bond acceptors (Lipinski definition) is 4. The van der Waals surface area contributed by atoms with Gasteiger partial charge in [0.05, 0.1) is 0 Å². The fourth-order valence-electron chi connectivity index (χ4n) is 0.950. The van der Waals surface area contributed by atoms with E-state index in [9.17, 15) is 9.59 Å². The van der Waals surface area contributed by atoms with E-state index in [-0.39, 0.29) is 19.0 Å². The Hall–Kier alpha value is -1.78. The Morgan fingerprint density at radius 3 is 2.14 bits per heavy atom. The van der Waals surface area contributed by atoms with Gasteiger partial charge in [-0.1, -0.05) is 0 Å². The van der Waals surface area contributed by atoms with Crippen LogP contribution in [0.25, 0.3) is 0 Å². The molecule has 0 aromatic carbocycles. The molecule has 0 atom stereocenters. The number of hydrogen-bond donors (Lipinski definition) is 1. The lowest BCUT2D eigenvalue weighted by molar-refractivity contribution is -0.137. The van der Waals surface area contributed by atoms with E-state index < -0.39 is 17.5 Å². The Morgan fingerprint density at radius 2 is 1.71 bits per heavy atom. The molecule has 0 aromatic rings. The first-order chi connectivity index (χ1) is 6.63. The van der Waals surface area contributed by atoms with Gasteiger partial charge in [0.15, 0.2) is 5.78 Å². The smallest absolute Gasteiger partial charge is 0.375 e. The maximum atomic E-state index is 11.0. The molecule has 76 valence electrons. The van der Waals surface area contributed by atoms with Crippen molar-refractivity contribution in [3.8, 4) is 0 Å². The monoisotopic (exact) mass is 198 g/mol. The maximum Gasteiger partial charge on any atom is 0.375 e. The van der Waals surface area contributed by atoms with Crippen LogP contribution >= 0.6 is 0 Å². The minimum Gasteiger partial charge on any atom is -0.482 e. The largest absolute Gasteiger partial charge is 0.482 e. The van der Waals surface area contributed by atoms with Gasteiger partial charge in [0.1, 0.15) is 13.2 Å². The van der Waals surface area contributed by atoms with E-state index in [1.165, 1.54) is 6.92 Å². The number of carboxylic acid groups (broad SMARTS) is 1. The number of allylic oxidation sites excluding steroid dienone is 1. The van der Waals surface area contributed by atoms with Gasteiger partial charge in [-0.25, -0.2) is 4.79 Å². The average Bonchev–Trinajstić information content (AvgIpc) is 2.01. The number of ether oxygens (including phenoxy) is 2. The Balaban J connectivity index is 3.00. The van der Waals surface area contributed by atoms with Gasteiger partial charge in [0.25, 0.3) is 5.76 Å². The van der Waals surface area contributed by atoms with Crippen molar-refractivity contribution in [2.45, 2.75) is 6.92 Å². The minimum absolute atomic E-state index is 0.127. The molecule has 0 saturated carbocycles. The first-order valence-electron chi connectivity index (χ1n) is 4.02. The van der Waals surface area contributed by atoms with Gasteiger partial charge >= 0.3 is 5.97 Å². The molecule has 1 aliphatic heterocycles. The zero-order valence-electron chi connectivity index (χ0n) is 7.65. The molecule has 1 rings (SSSR count). The highest BCUT2D eigenvalue weighted by Crippen LogP contribution is 2.12. The molecule has 0 radical (unpaired) electrons. The summed E-state index contributed by atoms with van der Waals surface area (Å²) in [6.45, 7) is 1.53. The number of rotatable bonds is 2. The summed E-state index contributed by atoms with van der Waals surface area (Å²) >= 11 is 0. The highest BCUT2D eigenvalue weighted by molar-refractivity contribution is 5.99. The molecule has 0 saturated heterocycles. The Kier molecular flexibility index (Phi) is 3.28. The summed E-state index contributed by atoms with van der Waals surface area (Å²) in [6.07, 6.45) is 3.28. The number of aliphatic carboxylic acids is 1. The van der Waals surface area contributed by atoms with Crippen LogP contribution in [0.3, 0.4) is 0 Å². The van der Waals surface area contributed by atoms with Gasteiger partial charge in [-0.05, 0) is 12.2 Å². The zero-order chi connectivity index (χ0) is 10.6. The summed E-state index contributed by atoms with van der Waals surface area (Å²) in [4.78, 5) is 21.7. The normalized spacial score (nSPS) is 23.8. The van der Waals surface area contributed by atoms with Crippen molar-refractivity contribution in [2.75, 3.05) is 13.2 Å². The van der Waals surface area contributed by atoms with Crippen molar-refractivity contribution in [1.82, 2.24) is 0 Å². The second-order valence-corrected chi connectivity index (χ2v) is 2.61. The molecule has 5 nitrogen and oxygen atoms in total. The van der Waals surface area contributed by atoms with E-state index in [1.54, 1.807) is 12.2 Å². The lowest BCUT2D eigenvalue weighted by atomic mass is 10.3. The number of carbonyl (C=O) groups excluding carboxylic acids is 1. The first kappa shape index (κ1) is 10.3. The second-order valence-electron chi connectivity index (χ2n) is 2.61. The molecule has 0 amide bonds. The maximum absolute atomic E-state index is 11.0. The molecule has 0 aromatic heterocycles. The quantitative estimate of drug-likeness (QED) is 0.653. The molecule has 14 heavy (non-hydrogen) atoms. The number of carboxylic acids is 1. The molecule has 0 aliphatic carbocycles. The van der Waals surface area contributed by atoms with Gasteiger partial charge in [-0.2, -0.15) is 0 Å². The highest BCUT2D eigenvalue weighted by atomic mass is 16.5. The summed E-state index contributed by atoms with van der Waals surface area (Å²) in [5, 5.41) is 8.74. The second kappa shape index (κ2) is 4.45. The first-order valence-corrected chi connectivity index (χ1v) is 4.02. The van der Waals surface area contributed by atoms with Crippen molar-refractivity contribution >= 4 is 11.8 Å². The van der Waals surface area contributed by atoms with E-state index >= 15 is 0 Å². The lowest BCUT2D eigenvalue weighted by Crippen LogP contribution is -2.16. The molecule has 0 spiro atoms. The third kappa shape index (κ3) is 2.35. The van der Waals surface area contributed by atoms with Crippen LogP contribution in [-0.2, 0) is 19.1 Å². The van der Waals surface area contributed by atoms with Crippen molar-refractivity contribution in [3.05, 3.63) is 23.7 Å². The Morgan fingerprint density at radius 1 is 1.21 bits per heavy atom. The van der Waals surface area contributed by atoms with Gasteiger partial charge < -0.3 is 14.6 Å². The standard InChI is InChI=1S/C9H10O5/c1-6(10)7-8(9(11)12)14-5-3-2-4-13-7/h2-3H,4-5H2,1H3,(H,11,12)/b3-2-,8-7-. The van der Waals surface area contributed by atoms with E-state index in [0.717, 1.165) is 0 Å². The van der Waals surface area contributed by atoms with Gasteiger partial charge in [-0.15, -0.1) is 0 Å². The third-order valence-electron chi connectivity index (χ3n) is 1.53. The van der Waals surface area contributed by atoms with Crippen LogP contribution in [-0.4, -0.2) is 30.1 Å². The summed E-state index contributed by atoms with van der Waals surface area (Å²) in [7, 11) is 0. The molecule has 1 heterocycles. The van der Waals surface area contributed by atoms with E-state index in [1.807, 2.05) is 0 Å². The van der Waals surface area contributed by atoms with Crippen molar-refractivity contribution < 1.29 is 24.2 Å². The van der Waals surface area contributed by atoms with Crippen LogP contribution in [0.2, 0.25) is 0 Å². The van der Waals surface area contributed by atoms with Gasteiger partial charge in [-0.3, -0.25) is 4.79 Å². The van der Waals surface area contributed by atoms with E-state index in [2.05, 4.69) is 0 Å². The SMILES string of the molecule is CC(=O)/C1=C(\C(=O)O)OC/C=C\CO1. The minimum atomic E-state index is -1.30. The lowest BCUT2D eigenvalue weighted by Gasteiger charge is -2.12. The van der Waals surface area contributed by atoms with Gasteiger partial charge in [0.2, 0.25) is 5.76 Å². The molecule has 0 unspecified atom stereocenters. The van der Waals surface area contributed by atoms with Crippen molar-refractivity contribution in [3.63, 3.8) is 0 Å².